The van der Waals surface area contributed by atoms with Crippen molar-refractivity contribution in [3.63, 3.8) is 0 Å². The van der Waals surface area contributed by atoms with Crippen LogP contribution < -0.4 is 0 Å². The second kappa shape index (κ2) is 6.31. The summed E-state index contributed by atoms with van der Waals surface area (Å²) in [4.78, 5) is 24.8. The lowest BCUT2D eigenvalue weighted by atomic mass is 9.96. The fraction of sp³-hybridized carbons (Fsp3) is 0.571. The fourth-order valence-electron chi connectivity index (χ4n) is 2.01. The number of rotatable bonds is 5. The highest BCUT2D eigenvalue weighted by Crippen LogP contribution is 2.20. The number of halogens is 1. The van der Waals surface area contributed by atoms with E-state index in [1.807, 2.05) is 27.7 Å². The maximum absolute atomic E-state index is 12.5. The van der Waals surface area contributed by atoms with Gasteiger partial charge in [-0.05, 0) is 18.4 Å². The zero-order valence-electron chi connectivity index (χ0n) is 12.3. The number of carbonyl (C=O) groups is 2. The van der Waals surface area contributed by atoms with Crippen LogP contribution in [0.4, 0.5) is 0 Å². The largest absolute Gasteiger partial charge is 0.480 e. The molecule has 20 heavy (non-hydrogen) atoms. The summed E-state index contributed by atoms with van der Waals surface area (Å²) in [6.45, 7) is 8.43. The summed E-state index contributed by atoms with van der Waals surface area (Å²) in [5.41, 5.74) is 0.237. The molecule has 0 aliphatic carbocycles. The van der Waals surface area contributed by atoms with Gasteiger partial charge in [0.2, 0.25) is 0 Å². The molecule has 5 nitrogen and oxygen atoms in total. The molecule has 1 heterocycles. The SMILES string of the molecule is CCn1cc(Cl)cc1C(=O)N(CC(=O)O)CC(C)(C)C. The van der Waals surface area contributed by atoms with E-state index in [-0.39, 0.29) is 17.9 Å². The van der Waals surface area contributed by atoms with Crippen LogP contribution in [0, 0.1) is 5.41 Å². The number of carboxylic acid groups (broad SMARTS) is 1. The maximum atomic E-state index is 12.5. The van der Waals surface area contributed by atoms with Gasteiger partial charge in [0.1, 0.15) is 12.2 Å². The minimum Gasteiger partial charge on any atom is -0.480 e. The highest BCUT2D eigenvalue weighted by Gasteiger charge is 2.26. The van der Waals surface area contributed by atoms with Gasteiger partial charge in [-0.1, -0.05) is 32.4 Å². The summed E-state index contributed by atoms with van der Waals surface area (Å²) in [5, 5.41) is 9.45. The van der Waals surface area contributed by atoms with Crippen molar-refractivity contribution in [3.05, 3.63) is 23.0 Å². The molecule has 6 heteroatoms. The van der Waals surface area contributed by atoms with Gasteiger partial charge in [-0.3, -0.25) is 9.59 Å². The number of aromatic nitrogens is 1. The summed E-state index contributed by atoms with van der Waals surface area (Å²) < 4.78 is 1.72. The van der Waals surface area contributed by atoms with Crippen molar-refractivity contribution in [1.82, 2.24) is 9.47 Å². The predicted molar refractivity (Wildman–Crippen MR) is 78.1 cm³/mol. The Labute approximate surface area is 124 Å². The van der Waals surface area contributed by atoms with E-state index in [1.165, 1.54) is 4.90 Å². The summed E-state index contributed by atoms with van der Waals surface area (Å²) in [5.74, 6) is -1.33. The minimum absolute atomic E-state index is 0.182. The van der Waals surface area contributed by atoms with Crippen LogP contribution in [0.25, 0.3) is 0 Å². The lowest BCUT2D eigenvalue weighted by Crippen LogP contribution is -2.41. The van der Waals surface area contributed by atoms with Gasteiger partial charge in [0, 0.05) is 19.3 Å². The van der Waals surface area contributed by atoms with E-state index in [0.717, 1.165) is 0 Å². The van der Waals surface area contributed by atoms with Crippen LogP contribution in [0.2, 0.25) is 5.02 Å². The quantitative estimate of drug-likeness (QED) is 0.909. The monoisotopic (exact) mass is 300 g/mol. The van der Waals surface area contributed by atoms with Gasteiger partial charge in [-0.15, -0.1) is 0 Å². The Hall–Kier alpha value is -1.49. The molecule has 0 unspecified atom stereocenters. The van der Waals surface area contributed by atoms with Crippen LogP contribution in [0.15, 0.2) is 12.3 Å². The van der Waals surface area contributed by atoms with Crippen molar-refractivity contribution in [1.29, 1.82) is 0 Å². The molecular formula is C14H21ClN2O3. The van der Waals surface area contributed by atoms with E-state index in [1.54, 1.807) is 16.8 Å². The van der Waals surface area contributed by atoms with Crippen LogP contribution in [0.5, 0.6) is 0 Å². The van der Waals surface area contributed by atoms with Gasteiger partial charge < -0.3 is 14.6 Å². The lowest BCUT2D eigenvalue weighted by molar-refractivity contribution is -0.138. The molecular weight excluding hydrogens is 280 g/mol. The Kier molecular flexibility index (Phi) is 5.22. The molecule has 0 saturated heterocycles. The first-order valence-electron chi connectivity index (χ1n) is 6.51. The topological polar surface area (TPSA) is 62.5 Å². The number of nitrogens with zero attached hydrogens (tertiary/aromatic N) is 2. The van der Waals surface area contributed by atoms with Crippen LogP contribution in [-0.4, -0.2) is 39.5 Å². The van der Waals surface area contributed by atoms with Crippen molar-refractivity contribution in [2.75, 3.05) is 13.1 Å². The number of carbonyl (C=O) groups excluding carboxylic acids is 1. The average molecular weight is 301 g/mol. The molecule has 0 radical (unpaired) electrons. The van der Waals surface area contributed by atoms with Crippen molar-refractivity contribution in [2.24, 2.45) is 5.41 Å². The first kappa shape index (κ1) is 16.6. The second-order valence-electron chi connectivity index (χ2n) is 5.95. The summed E-state index contributed by atoms with van der Waals surface area (Å²) >= 11 is 5.92. The third-order valence-electron chi connectivity index (χ3n) is 2.70. The van der Waals surface area contributed by atoms with E-state index in [9.17, 15) is 9.59 Å². The van der Waals surface area contributed by atoms with E-state index in [2.05, 4.69) is 0 Å². The first-order valence-corrected chi connectivity index (χ1v) is 6.88. The molecule has 0 aliphatic rings. The number of aryl methyl sites for hydroxylation is 1. The van der Waals surface area contributed by atoms with Crippen molar-refractivity contribution in [2.45, 2.75) is 34.2 Å². The Balaban J connectivity index is 3.05. The zero-order valence-corrected chi connectivity index (χ0v) is 13.1. The summed E-state index contributed by atoms with van der Waals surface area (Å²) in [7, 11) is 0. The Morgan fingerprint density at radius 1 is 1.40 bits per heavy atom. The van der Waals surface area contributed by atoms with Gasteiger partial charge in [-0.2, -0.15) is 0 Å². The molecule has 1 rings (SSSR count). The van der Waals surface area contributed by atoms with Gasteiger partial charge in [-0.25, -0.2) is 0 Å². The zero-order chi connectivity index (χ0) is 15.5. The molecule has 0 spiro atoms. The third kappa shape index (κ3) is 4.56. The summed E-state index contributed by atoms with van der Waals surface area (Å²) in [6.07, 6.45) is 1.67. The molecule has 0 bridgehead atoms. The summed E-state index contributed by atoms with van der Waals surface area (Å²) in [6, 6.07) is 1.57. The standard InChI is InChI=1S/C14H21ClN2O3/c1-5-16-7-10(15)6-11(16)13(20)17(8-12(18)19)9-14(2,3)4/h6-7H,5,8-9H2,1-4H3,(H,18,19). The lowest BCUT2D eigenvalue weighted by Gasteiger charge is -2.29. The van der Waals surface area contributed by atoms with Gasteiger partial charge in [0.05, 0.1) is 5.02 Å². The fourth-order valence-corrected chi connectivity index (χ4v) is 2.23. The number of hydrogen-bond acceptors (Lipinski definition) is 2. The normalized spacial score (nSPS) is 11.4. The van der Waals surface area contributed by atoms with Gasteiger partial charge >= 0.3 is 5.97 Å². The Bertz CT molecular complexity index is 503. The maximum Gasteiger partial charge on any atom is 0.323 e. The molecule has 0 atom stereocenters. The molecule has 0 aromatic carbocycles. The molecule has 0 saturated carbocycles. The molecule has 0 aliphatic heterocycles. The van der Waals surface area contributed by atoms with Crippen molar-refractivity contribution in [3.8, 4) is 0 Å². The third-order valence-corrected chi connectivity index (χ3v) is 2.91. The molecule has 1 aromatic rings. The molecule has 1 aromatic heterocycles. The molecule has 112 valence electrons. The van der Waals surface area contributed by atoms with Crippen LogP contribution in [0.1, 0.15) is 38.2 Å². The van der Waals surface area contributed by atoms with Crippen molar-refractivity contribution < 1.29 is 14.7 Å². The Morgan fingerprint density at radius 2 is 2.00 bits per heavy atom. The Morgan fingerprint density at radius 3 is 2.45 bits per heavy atom. The second-order valence-corrected chi connectivity index (χ2v) is 6.38. The van der Waals surface area contributed by atoms with E-state index >= 15 is 0 Å². The van der Waals surface area contributed by atoms with Crippen molar-refractivity contribution >= 4 is 23.5 Å². The highest BCUT2D eigenvalue weighted by molar-refractivity contribution is 6.31. The average Bonchev–Trinajstić information content (AvgIpc) is 2.66. The highest BCUT2D eigenvalue weighted by atomic mass is 35.5. The van der Waals surface area contributed by atoms with Crippen LogP contribution >= 0.6 is 11.6 Å². The number of aliphatic carboxylic acids is 1. The first-order chi connectivity index (χ1) is 9.14. The number of hydrogen-bond donors (Lipinski definition) is 1. The number of amides is 1. The number of carboxylic acids is 1. The predicted octanol–water partition coefficient (Wildman–Crippen LogP) is 2.73. The van der Waals surface area contributed by atoms with E-state index in [0.29, 0.717) is 23.8 Å². The van der Waals surface area contributed by atoms with Crippen LogP contribution in [0.3, 0.4) is 0 Å². The van der Waals surface area contributed by atoms with Gasteiger partial charge in [0.15, 0.2) is 0 Å². The smallest absolute Gasteiger partial charge is 0.323 e. The van der Waals surface area contributed by atoms with Crippen LogP contribution in [-0.2, 0) is 11.3 Å². The van der Waals surface area contributed by atoms with Gasteiger partial charge in [0.25, 0.3) is 5.91 Å². The minimum atomic E-state index is -1.02. The van der Waals surface area contributed by atoms with E-state index < -0.39 is 5.97 Å². The van der Waals surface area contributed by atoms with E-state index in [4.69, 9.17) is 16.7 Å². The molecule has 1 amide bonds. The molecule has 1 N–H and O–H groups in total. The molecule has 0 fully saturated rings.